The van der Waals surface area contributed by atoms with Crippen molar-refractivity contribution in [1.29, 1.82) is 0 Å². The highest BCUT2D eigenvalue weighted by Gasteiger charge is 2.13. The van der Waals surface area contributed by atoms with E-state index < -0.39 is 5.97 Å². The number of thiazole rings is 1. The predicted octanol–water partition coefficient (Wildman–Crippen LogP) is 2.23. The molecule has 1 N–H and O–H groups in total. The molecule has 5 nitrogen and oxygen atoms in total. The first-order valence-electron chi connectivity index (χ1n) is 5.48. The number of hydrogen-bond donors (Lipinski definition) is 1. The van der Waals surface area contributed by atoms with Gasteiger partial charge in [-0.25, -0.2) is 9.78 Å². The number of esters is 1. The van der Waals surface area contributed by atoms with Gasteiger partial charge in [0.1, 0.15) is 4.88 Å². The van der Waals surface area contributed by atoms with Crippen LogP contribution < -0.4 is 5.32 Å². The van der Waals surface area contributed by atoms with Crippen LogP contribution in [0.15, 0.2) is 18.3 Å². The van der Waals surface area contributed by atoms with Crippen molar-refractivity contribution in [1.82, 2.24) is 10.3 Å². The molecular formula is C12H12N2O3S2. The zero-order valence-corrected chi connectivity index (χ0v) is 12.1. The lowest BCUT2D eigenvalue weighted by Crippen LogP contribution is -2.21. The van der Waals surface area contributed by atoms with Crippen LogP contribution in [0.2, 0.25) is 0 Å². The molecule has 2 aromatic rings. The number of amides is 1. The zero-order chi connectivity index (χ0) is 13.8. The molecule has 0 unspecified atom stereocenters. The summed E-state index contributed by atoms with van der Waals surface area (Å²) in [6.45, 7) is 2.35. The second kappa shape index (κ2) is 5.94. The Morgan fingerprint density at radius 1 is 1.32 bits per heavy atom. The molecule has 19 heavy (non-hydrogen) atoms. The number of aromatic nitrogens is 1. The van der Waals surface area contributed by atoms with Crippen molar-refractivity contribution < 1.29 is 14.3 Å². The molecule has 2 aromatic heterocycles. The van der Waals surface area contributed by atoms with E-state index in [1.54, 1.807) is 29.7 Å². The van der Waals surface area contributed by atoms with Gasteiger partial charge in [-0.05, 0) is 19.1 Å². The molecule has 0 spiro atoms. The maximum Gasteiger partial charge on any atom is 0.348 e. The monoisotopic (exact) mass is 296 g/mol. The smallest absolute Gasteiger partial charge is 0.348 e. The van der Waals surface area contributed by atoms with Crippen LogP contribution in [0.3, 0.4) is 0 Å². The van der Waals surface area contributed by atoms with E-state index in [1.807, 2.05) is 6.92 Å². The number of carbonyl (C=O) groups excluding carboxylic acids is 2. The Morgan fingerprint density at radius 3 is 2.68 bits per heavy atom. The normalized spacial score (nSPS) is 10.2. The van der Waals surface area contributed by atoms with E-state index >= 15 is 0 Å². The van der Waals surface area contributed by atoms with Gasteiger partial charge in [-0.2, -0.15) is 0 Å². The van der Waals surface area contributed by atoms with Crippen molar-refractivity contribution >= 4 is 34.6 Å². The number of thiophene rings is 1. The highest BCUT2D eigenvalue weighted by Crippen LogP contribution is 2.18. The van der Waals surface area contributed by atoms with Gasteiger partial charge in [0.05, 0.1) is 23.5 Å². The van der Waals surface area contributed by atoms with Gasteiger partial charge in [0, 0.05) is 11.1 Å². The number of methoxy groups -OCH3 is 1. The molecule has 0 saturated heterocycles. The Bertz CT molecular complexity index is 604. The second-order valence-corrected chi connectivity index (χ2v) is 6.09. The maximum absolute atomic E-state index is 11.9. The largest absolute Gasteiger partial charge is 0.465 e. The van der Waals surface area contributed by atoms with Gasteiger partial charge in [0.15, 0.2) is 0 Å². The molecule has 0 aliphatic carbocycles. The average molecular weight is 296 g/mol. The summed E-state index contributed by atoms with van der Waals surface area (Å²) in [6, 6.07) is 3.20. The van der Waals surface area contributed by atoms with Crippen LogP contribution in [-0.2, 0) is 11.3 Å². The first-order chi connectivity index (χ1) is 9.10. The van der Waals surface area contributed by atoms with Crippen molar-refractivity contribution in [2.75, 3.05) is 7.11 Å². The molecule has 7 heteroatoms. The molecule has 0 aromatic carbocycles. The van der Waals surface area contributed by atoms with E-state index in [1.165, 1.54) is 7.11 Å². The number of carbonyl (C=O) groups is 2. The van der Waals surface area contributed by atoms with Gasteiger partial charge in [-0.15, -0.1) is 22.7 Å². The maximum atomic E-state index is 11.9. The Labute approximate surface area is 118 Å². The minimum atomic E-state index is -0.429. The van der Waals surface area contributed by atoms with Crippen molar-refractivity contribution in [3.05, 3.63) is 38.0 Å². The van der Waals surface area contributed by atoms with Crippen LogP contribution in [0.1, 0.15) is 29.2 Å². The van der Waals surface area contributed by atoms with Crippen molar-refractivity contribution in [3.63, 3.8) is 0 Å². The number of nitrogens with one attached hydrogen (secondary N) is 1. The molecule has 0 fully saturated rings. The van der Waals surface area contributed by atoms with E-state index in [9.17, 15) is 9.59 Å². The predicted molar refractivity (Wildman–Crippen MR) is 73.7 cm³/mol. The number of rotatable bonds is 4. The molecule has 0 saturated carbocycles. The van der Waals surface area contributed by atoms with Gasteiger partial charge in [0.2, 0.25) is 0 Å². The summed E-state index contributed by atoms with van der Waals surface area (Å²) in [5.74, 6) is -0.631. The Kier molecular flexibility index (Phi) is 4.28. The Morgan fingerprint density at radius 2 is 2.05 bits per heavy atom. The molecule has 2 rings (SSSR count). The number of nitrogens with zero attached hydrogens (tertiary/aromatic N) is 1. The van der Waals surface area contributed by atoms with Gasteiger partial charge in [0.25, 0.3) is 5.91 Å². The molecule has 0 atom stereocenters. The first-order valence-corrected chi connectivity index (χ1v) is 7.11. The molecule has 0 radical (unpaired) electrons. The molecule has 2 heterocycles. The Hall–Kier alpha value is -1.73. The van der Waals surface area contributed by atoms with Crippen LogP contribution in [0, 0.1) is 6.92 Å². The quantitative estimate of drug-likeness (QED) is 0.879. The lowest BCUT2D eigenvalue weighted by molar-refractivity contribution is 0.0606. The van der Waals surface area contributed by atoms with Gasteiger partial charge >= 0.3 is 5.97 Å². The van der Waals surface area contributed by atoms with E-state index in [2.05, 4.69) is 15.0 Å². The first kappa shape index (κ1) is 13.7. The molecule has 0 aliphatic heterocycles. The van der Waals surface area contributed by atoms with Crippen LogP contribution in [0.4, 0.5) is 0 Å². The summed E-state index contributed by atoms with van der Waals surface area (Å²) in [4.78, 5) is 29.2. The Balaban J connectivity index is 1.96. The molecular weight excluding hydrogens is 284 g/mol. The van der Waals surface area contributed by atoms with E-state index in [0.717, 1.165) is 21.2 Å². The number of hydrogen-bond acceptors (Lipinski definition) is 6. The summed E-state index contributed by atoms with van der Waals surface area (Å²) >= 11 is 2.66. The SMILES string of the molecule is COC(=O)c1ccc(C(=O)NCc2cnc(C)s2)s1. The minimum Gasteiger partial charge on any atom is -0.465 e. The van der Waals surface area contributed by atoms with Crippen molar-refractivity contribution in [2.24, 2.45) is 0 Å². The lowest BCUT2D eigenvalue weighted by atomic mass is 10.4. The third-order valence-electron chi connectivity index (χ3n) is 2.31. The van der Waals surface area contributed by atoms with Crippen LogP contribution in [0.5, 0.6) is 0 Å². The third kappa shape index (κ3) is 3.39. The zero-order valence-electron chi connectivity index (χ0n) is 10.4. The molecule has 0 aliphatic rings. The number of aryl methyl sites for hydroxylation is 1. The third-order valence-corrected chi connectivity index (χ3v) is 4.29. The van der Waals surface area contributed by atoms with Crippen LogP contribution >= 0.6 is 22.7 Å². The fraction of sp³-hybridized carbons (Fsp3) is 0.250. The summed E-state index contributed by atoms with van der Waals surface area (Å²) in [5.41, 5.74) is 0. The molecule has 100 valence electrons. The van der Waals surface area contributed by atoms with Crippen molar-refractivity contribution in [3.8, 4) is 0 Å². The van der Waals surface area contributed by atoms with E-state index in [0.29, 0.717) is 16.3 Å². The minimum absolute atomic E-state index is 0.203. The molecule has 1 amide bonds. The van der Waals surface area contributed by atoms with Gasteiger partial charge in [-0.3, -0.25) is 4.79 Å². The topological polar surface area (TPSA) is 68.3 Å². The summed E-state index contributed by atoms with van der Waals surface area (Å²) < 4.78 is 4.59. The lowest BCUT2D eigenvalue weighted by Gasteiger charge is -2.00. The number of ether oxygens (including phenoxy) is 1. The van der Waals surface area contributed by atoms with Crippen LogP contribution in [-0.4, -0.2) is 24.0 Å². The standard InChI is InChI=1S/C12H12N2O3S2/c1-7-13-5-8(18-7)6-14-11(15)9-3-4-10(19-9)12(16)17-2/h3-5H,6H2,1-2H3,(H,14,15). The molecule has 0 bridgehead atoms. The fourth-order valence-corrected chi connectivity index (χ4v) is 2.99. The summed E-state index contributed by atoms with van der Waals surface area (Å²) in [7, 11) is 1.31. The van der Waals surface area contributed by atoms with Gasteiger partial charge < -0.3 is 10.1 Å². The van der Waals surface area contributed by atoms with Gasteiger partial charge in [-0.1, -0.05) is 0 Å². The summed E-state index contributed by atoms with van der Waals surface area (Å²) in [6.07, 6.45) is 1.74. The second-order valence-electron chi connectivity index (χ2n) is 3.68. The van der Waals surface area contributed by atoms with Crippen molar-refractivity contribution in [2.45, 2.75) is 13.5 Å². The van der Waals surface area contributed by atoms with E-state index in [-0.39, 0.29) is 5.91 Å². The summed E-state index contributed by atoms with van der Waals surface area (Å²) in [5, 5.41) is 3.75. The average Bonchev–Trinajstić information content (AvgIpc) is 3.04. The van der Waals surface area contributed by atoms with Crippen LogP contribution in [0.25, 0.3) is 0 Å². The fourth-order valence-electron chi connectivity index (χ4n) is 1.41. The highest BCUT2D eigenvalue weighted by molar-refractivity contribution is 7.15. The van der Waals surface area contributed by atoms with E-state index in [4.69, 9.17) is 0 Å². The highest BCUT2D eigenvalue weighted by atomic mass is 32.1.